The fourth-order valence-corrected chi connectivity index (χ4v) is 3.06. The van der Waals surface area contributed by atoms with Crippen molar-refractivity contribution in [2.75, 3.05) is 6.54 Å². The van der Waals surface area contributed by atoms with Crippen molar-refractivity contribution in [3.05, 3.63) is 41.5 Å². The van der Waals surface area contributed by atoms with Gasteiger partial charge >= 0.3 is 12.1 Å². The minimum absolute atomic E-state index is 0.293. The van der Waals surface area contributed by atoms with E-state index < -0.39 is 36.4 Å². The fourth-order valence-electron chi connectivity index (χ4n) is 3.06. The summed E-state index contributed by atoms with van der Waals surface area (Å²) < 4.78 is 36.5. The number of amides is 1. The van der Waals surface area contributed by atoms with Gasteiger partial charge in [-0.15, -0.1) is 0 Å². The van der Waals surface area contributed by atoms with Crippen molar-refractivity contribution in [1.82, 2.24) is 5.32 Å². The molecule has 1 aromatic rings. The van der Waals surface area contributed by atoms with Crippen LogP contribution in [0.25, 0.3) is 6.08 Å². The van der Waals surface area contributed by atoms with Crippen molar-refractivity contribution in [1.29, 1.82) is 0 Å². The van der Waals surface area contributed by atoms with Gasteiger partial charge in [-0.25, -0.2) is 0 Å². The molecule has 1 aliphatic rings. The van der Waals surface area contributed by atoms with Crippen molar-refractivity contribution in [2.24, 2.45) is 0 Å². The molecule has 1 fully saturated rings. The number of hydrogen-bond acceptors (Lipinski definition) is 4. The summed E-state index contributed by atoms with van der Waals surface area (Å²) >= 11 is 0. The van der Waals surface area contributed by atoms with Gasteiger partial charge in [-0.05, 0) is 30.0 Å². The molecule has 1 aromatic carbocycles. The Morgan fingerprint density at radius 1 is 1.22 bits per heavy atom. The first-order chi connectivity index (χ1) is 12.6. The van der Waals surface area contributed by atoms with Crippen LogP contribution in [0.15, 0.2) is 30.3 Å². The zero-order valence-corrected chi connectivity index (χ0v) is 14.7. The van der Waals surface area contributed by atoms with Crippen LogP contribution in [-0.4, -0.2) is 45.7 Å². The summed E-state index contributed by atoms with van der Waals surface area (Å²) in [5, 5.41) is 32.0. The van der Waals surface area contributed by atoms with Crippen LogP contribution in [0.5, 0.6) is 0 Å². The van der Waals surface area contributed by atoms with E-state index in [4.69, 9.17) is 0 Å². The number of carbonyl (C=O) groups excluding carboxylic acids is 1. The Morgan fingerprint density at radius 3 is 2.52 bits per heavy atom. The highest BCUT2D eigenvalue weighted by molar-refractivity contribution is 5.81. The molecule has 0 saturated heterocycles. The monoisotopic (exact) mass is 387 g/mol. The third-order valence-electron chi connectivity index (χ3n) is 4.65. The molecule has 1 aliphatic carbocycles. The Kier molecular flexibility index (Phi) is 7.02. The lowest BCUT2D eigenvalue weighted by Crippen LogP contribution is -2.42. The first kappa shape index (κ1) is 21.4. The maximum Gasteiger partial charge on any atom is 0.471 e. The molecule has 0 spiro atoms. The van der Waals surface area contributed by atoms with Gasteiger partial charge in [0.15, 0.2) is 0 Å². The number of aliphatic hydroxyl groups excluding tert-OH is 2. The predicted molar refractivity (Wildman–Crippen MR) is 93.5 cm³/mol. The van der Waals surface area contributed by atoms with Crippen molar-refractivity contribution in [3.8, 4) is 0 Å². The third kappa shape index (κ3) is 6.34. The van der Waals surface area contributed by atoms with Gasteiger partial charge in [0.25, 0.3) is 0 Å². The van der Waals surface area contributed by atoms with Gasteiger partial charge in [0.2, 0.25) is 0 Å². The number of rotatable bonds is 6. The highest BCUT2D eigenvalue weighted by Gasteiger charge is 2.38. The quantitative estimate of drug-likeness (QED) is 0.604. The normalized spacial score (nSPS) is 19.6. The smallest absolute Gasteiger partial charge is 0.388 e. The number of aliphatic hydroxyl groups is 3. The average molecular weight is 387 g/mol. The first-order valence-corrected chi connectivity index (χ1v) is 8.83. The van der Waals surface area contributed by atoms with Gasteiger partial charge in [0.05, 0.1) is 5.60 Å². The van der Waals surface area contributed by atoms with Gasteiger partial charge in [-0.2, -0.15) is 13.2 Å². The van der Waals surface area contributed by atoms with Crippen molar-refractivity contribution in [2.45, 2.75) is 56.1 Å². The van der Waals surface area contributed by atoms with Gasteiger partial charge in [-0.3, -0.25) is 4.79 Å². The van der Waals surface area contributed by atoms with E-state index in [1.165, 1.54) is 11.4 Å². The Hall–Kier alpha value is -1.90. The molecule has 27 heavy (non-hydrogen) atoms. The molecule has 4 N–H and O–H groups in total. The minimum Gasteiger partial charge on any atom is -0.388 e. The summed E-state index contributed by atoms with van der Waals surface area (Å²) in [5.41, 5.74) is 0.118. The second kappa shape index (κ2) is 8.86. The minimum atomic E-state index is -5.05. The van der Waals surface area contributed by atoms with Crippen molar-refractivity contribution >= 4 is 12.0 Å². The zero-order chi connectivity index (χ0) is 20.1. The summed E-state index contributed by atoms with van der Waals surface area (Å²) in [4.78, 5) is 10.8. The Morgan fingerprint density at radius 2 is 1.89 bits per heavy atom. The van der Waals surface area contributed by atoms with Crippen LogP contribution >= 0.6 is 0 Å². The lowest BCUT2D eigenvalue weighted by atomic mass is 9.84. The largest absolute Gasteiger partial charge is 0.471 e. The van der Waals surface area contributed by atoms with E-state index >= 15 is 0 Å². The summed E-state index contributed by atoms with van der Waals surface area (Å²) in [6, 6.07) is 6.47. The summed E-state index contributed by atoms with van der Waals surface area (Å²) in [7, 11) is 0. The molecule has 150 valence electrons. The van der Waals surface area contributed by atoms with E-state index in [0.29, 0.717) is 24.0 Å². The predicted octanol–water partition coefficient (Wildman–Crippen LogP) is 2.47. The molecule has 0 heterocycles. The van der Waals surface area contributed by atoms with Crippen LogP contribution in [0.1, 0.15) is 49.3 Å². The third-order valence-corrected chi connectivity index (χ3v) is 4.65. The Balaban J connectivity index is 1.99. The number of hydrogen-bond donors (Lipinski definition) is 4. The standard InChI is InChI=1S/C19H24F3NO4/c20-19(21,22)17(26)23-12-15(24)16(25)14-6-4-5-13(11-14)7-10-18(27)8-2-1-3-9-18/h4-7,10-11,15-16,24-25,27H,1-3,8-9,12H2,(H,23,26)/b10-7+. The van der Waals surface area contributed by atoms with Gasteiger partial charge in [0, 0.05) is 6.54 Å². The Labute approximate surface area is 155 Å². The van der Waals surface area contributed by atoms with E-state index in [9.17, 15) is 33.3 Å². The molecule has 0 bridgehead atoms. The molecule has 2 atom stereocenters. The van der Waals surface area contributed by atoms with Crippen LogP contribution in [-0.2, 0) is 4.79 Å². The van der Waals surface area contributed by atoms with Gasteiger partial charge in [-0.1, -0.05) is 49.6 Å². The molecular weight excluding hydrogens is 363 g/mol. The van der Waals surface area contributed by atoms with Crippen molar-refractivity contribution in [3.63, 3.8) is 0 Å². The van der Waals surface area contributed by atoms with Crippen molar-refractivity contribution < 1.29 is 33.3 Å². The number of halogens is 3. The van der Waals surface area contributed by atoms with Gasteiger partial charge < -0.3 is 20.6 Å². The van der Waals surface area contributed by atoms with E-state index in [0.717, 1.165) is 19.3 Å². The van der Waals surface area contributed by atoms with Gasteiger partial charge in [0.1, 0.15) is 12.2 Å². The number of alkyl halides is 3. The summed E-state index contributed by atoms with van der Waals surface area (Å²) in [6.45, 7) is -0.737. The lowest BCUT2D eigenvalue weighted by Gasteiger charge is -2.28. The fraction of sp³-hybridized carbons (Fsp3) is 0.526. The van der Waals surface area contributed by atoms with Crippen LogP contribution < -0.4 is 5.32 Å². The summed E-state index contributed by atoms with van der Waals surface area (Å²) in [6.07, 6.45) is -0.299. The molecule has 0 radical (unpaired) electrons. The van der Waals surface area contributed by atoms with Crippen LogP contribution in [0.4, 0.5) is 13.2 Å². The van der Waals surface area contributed by atoms with E-state index in [1.807, 2.05) is 0 Å². The molecule has 5 nitrogen and oxygen atoms in total. The second-order valence-electron chi connectivity index (χ2n) is 6.89. The van der Waals surface area contributed by atoms with Crippen LogP contribution in [0, 0.1) is 0 Å². The highest BCUT2D eigenvalue weighted by atomic mass is 19.4. The topological polar surface area (TPSA) is 89.8 Å². The van der Waals surface area contributed by atoms with E-state index in [1.54, 1.807) is 30.4 Å². The van der Waals surface area contributed by atoms with E-state index in [2.05, 4.69) is 0 Å². The first-order valence-electron chi connectivity index (χ1n) is 8.83. The van der Waals surface area contributed by atoms with Crippen LogP contribution in [0.3, 0.4) is 0 Å². The number of nitrogens with one attached hydrogen (secondary N) is 1. The molecule has 2 rings (SSSR count). The maximum atomic E-state index is 12.2. The Bertz CT molecular complexity index is 669. The molecule has 8 heteroatoms. The average Bonchev–Trinajstić information content (AvgIpc) is 2.63. The van der Waals surface area contributed by atoms with Crippen LogP contribution in [0.2, 0.25) is 0 Å². The molecule has 0 aliphatic heterocycles. The number of carbonyl (C=O) groups is 1. The molecular formula is C19H24F3NO4. The second-order valence-corrected chi connectivity index (χ2v) is 6.89. The number of benzene rings is 1. The highest BCUT2D eigenvalue weighted by Crippen LogP contribution is 2.30. The lowest BCUT2D eigenvalue weighted by molar-refractivity contribution is -0.174. The molecule has 2 unspecified atom stereocenters. The van der Waals surface area contributed by atoms with E-state index in [-0.39, 0.29) is 0 Å². The summed E-state index contributed by atoms with van der Waals surface area (Å²) in [5.74, 6) is -2.17. The zero-order valence-electron chi connectivity index (χ0n) is 14.7. The molecule has 1 amide bonds. The molecule has 1 saturated carbocycles. The molecule has 0 aromatic heterocycles. The maximum absolute atomic E-state index is 12.2. The SMILES string of the molecule is O=C(NCC(O)C(O)c1cccc(/C=C/C2(O)CCCCC2)c1)C(F)(F)F.